The first kappa shape index (κ1) is 19.3. The molecule has 2 amide bonds. The van der Waals surface area contributed by atoms with E-state index in [0.29, 0.717) is 28.8 Å². The Hall–Kier alpha value is -3.41. The van der Waals surface area contributed by atoms with Gasteiger partial charge in [0.05, 0.1) is 31.2 Å². The first-order valence-corrected chi connectivity index (χ1v) is 11.1. The van der Waals surface area contributed by atoms with E-state index in [-0.39, 0.29) is 47.8 Å². The standard InChI is InChI=1S/C26H24N2O4/c1-32-17-8-2-14(3-9-17)22(29)13-27-15-4-6-16(7-5-15)28-25(30)23-18-10-11-19(21-12-20(18)21)24(23)26(28)31/h2-11,18-21,23-24,27H,12-13H2,1H3/t18-,19+,20?,21?,23-,24+. The molecule has 3 fully saturated rings. The molecule has 6 atom stereocenters. The molecule has 6 heteroatoms. The van der Waals surface area contributed by atoms with Crippen molar-refractivity contribution in [2.45, 2.75) is 6.42 Å². The minimum absolute atomic E-state index is 0.0350. The summed E-state index contributed by atoms with van der Waals surface area (Å²) in [5.41, 5.74) is 1.97. The fourth-order valence-corrected chi connectivity index (χ4v) is 6.00. The van der Waals surface area contributed by atoms with Crippen LogP contribution in [-0.4, -0.2) is 31.3 Å². The van der Waals surface area contributed by atoms with Crippen LogP contribution in [0.25, 0.3) is 0 Å². The Bertz CT molecular complexity index is 1100. The second-order valence-electron chi connectivity index (χ2n) is 9.22. The Morgan fingerprint density at radius 1 is 0.938 bits per heavy atom. The van der Waals surface area contributed by atoms with Gasteiger partial charge in [0.1, 0.15) is 5.75 Å². The van der Waals surface area contributed by atoms with Crippen LogP contribution in [0, 0.1) is 35.5 Å². The Kier molecular flexibility index (Phi) is 4.25. The number of ether oxygens (including phenoxy) is 1. The highest BCUT2D eigenvalue weighted by atomic mass is 16.5. The molecule has 32 heavy (non-hydrogen) atoms. The van der Waals surface area contributed by atoms with Crippen molar-refractivity contribution >= 4 is 29.0 Å². The number of ketones is 1. The topological polar surface area (TPSA) is 75.7 Å². The summed E-state index contributed by atoms with van der Waals surface area (Å²) in [6.45, 7) is 0.148. The van der Waals surface area contributed by atoms with Crippen LogP contribution in [0.3, 0.4) is 0 Å². The Labute approximate surface area is 186 Å². The van der Waals surface area contributed by atoms with Gasteiger partial charge in [-0.1, -0.05) is 12.2 Å². The maximum Gasteiger partial charge on any atom is 0.238 e. The van der Waals surface area contributed by atoms with E-state index < -0.39 is 0 Å². The van der Waals surface area contributed by atoms with E-state index in [1.165, 1.54) is 4.90 Å². The molecule has 0 aromatic heterocycles. The van der Waals surface area contributed by atoms with Crippen molar-refractivity contribution < 1.29 is 19.1 Å². The Balaban J connectivity index is 1.14. The van der Waals surface area contributed by atoms with Crippen LogP contribution >= 0.6 is 0 Å². The molecule has 2 aromatic rings. The number of Topliss-reactive ketones (excluding diaryl/α,β-unsaturated/α-hetero) is 1. The smallest absolute Gasteiger partial charge is 0.238 e. The molecule has 0 radical (unpaired) electrons. The van der Waals surface area contributed by atoms with Crippen molar-refractivity contribution in [1.29, 1.82) is 0 Å². The molecular formula is C26H24N2O4. The second kappa shape index (κ2) is 7.05. The molecule has 6 nitrogen and oxygen atoms in total. The summed E-state index contributed by atoms with van der Waals surface area (Å²) in [5.74, 6) is 1.81. The van der Waals surface area contributed by atoms with E-state index in [1.54, 1.807) is 43.5 Å². The minimum atomic E-state index is -0.193. The van der Waals surface area contributed by atoms with Gasteiger partial charge in [-0.05, 0) is 78.6 Å². The number of benzene rings is 2. The minimum Gasteiger partial charge on any atom is -0.497 e. The number of carbonyl (C=O) groups excluding carboxylic acids is 3. The van der Waals surface area contributed by atoms with E-state index in [9.17, 15) is 14.4 Å². The SMILES string of the molecule is COc1ccc(C(=O)CNc2ccc(N3C(=O)[C@@H]4[C@H](C3=O)[C@@H]3C=C[C@H]4C4CC43)cc2)cc1. The van der Waals surface area contributed by atoms with Gasteiger partial charge in [-0.15, -0.1) is 0 Å². The van der Waals surface area contributed by atoms with Crippen molar-refractivity contribution in [1.82, 2.24) is 0 Å². The number of imide groups is 1. The molecule has 1 saturated heterocycles. The van der Waals surface area contributed by atoms with Crippen molar-refractivity contribution in [3.8, 4) is 5.75 Å². The van der Waals surface area contributed by atoms with Gasteiger partial charge in [0, 0.05) is 11.3 Å². The molecule has 5 aliphatic rings. The number of amides is 2. The molecule has 2 aromatic carbocycles. The predicted octanol–water partition coefficient (Wildman–Crippen LogP) is 3.55. The van der Waals surface area contributed by atoms with Gasteiger partial charge in [0.25, 0.3) is 0 Å². The average Bonchev–Trinajstić information content (AvgIpc) is 3.61. The third-order valence-corrected chi connectivity index (χ3v) is 7.65. The molecule has 1 N–H and O–H groups in total. The number of hydrogen-bond acceptors (Lipinski definition) is 5. The lowest BCUT2D eigenvalue weighted by molar-refractivity contribution is -0.124. The predicted molar refractivity (Wildman–Crippen MR) is 119 cm³/mol. The molecule has 162 valence electrons. The van der Waals surface area contributed by atoms with Gasteiger partial charge < -0.3 is 10.1 Å². The van der Waals surface area contributed by atoms with Crippen LogP contribution in [0.2, 0.25) is 0 Å². The number of anilines is 2. The Morgan fingerprint density at radius 2 is 1.53 bits per heavy atom. The van der Waals surface area contributed by atoms with Gasteiger partial charge in [0.2, 0.25) is 11.8 Å². The van der Waals surface area contributed by atoms with Crippen LogP contribution in [0.5, 0.6) is 5.75 Å². The normalized spacial score (nSPS) is 31.3. The van der Waals surface area contributed by atoms with Gasteiger partial charge in [-0.25, -0.2) is 0 Å². The van der Waals surface area contributed by atoms with Crippen molar-refractivity contribution in [2.75, 3.05) is 23.9 Å². The zero-order valence-electron chi connectivity index (χ0n) is 17.7. The van der Waals surface area contributed by atoms with E-state index >= 15 is 0 Å². The highest BCUT2D eigenvalue weighted by molar-refractivity contribution is 6.22. The van der Waals surface area contributed by atoms with E-state index in [1.807, 2.05) is 12.1 Å². The van der Waals surface area contributed by atoms with Crippen LogP contribution in [-0.2, 0) is 9.59 Å². The Morgan fingerprint density at radius 3 is 2.09 bits per heavy atom. The summed E-state index contributed by atoms with van der Waals surface area (Å²) >= 11 is 0. The van der Waals surface area contributed by atoms with Gasteiger partial charge in [-0.3, -0.25) is 19.3 Å². The molecule has 0 spiro atoms. The highest BCUT2D eigenvalue weighted by Crippen LogP contribution is 2.65. The van der Waals surface area contributed by atoms with E-state index in [2.05, 4.69) is 17.5 Å². The zero-order chi connectivity index (χ0) is 22.0. The number of nitrogens with one attached hydrogen (secondary N) is 1. The van der Waals surface area contributed by atoms with Crippen molar-refractivity contribution in [3.05, 3.63) is 66.2 Å². The average molecular weight is 428 g/mol. The molecule has 1 aliphatic heterocycles. The van der Waals surface area contributed by atoms with Gasteiger partial charge in [-0.2, -0.15) is 0 Å². The molecule has 2 unspecified atom stereocenters. The van der Waals surface area contributed by atoms with Gasteiger partial charge >= 0.3 is 0 Å². The number of allylic oxidation sites excluding steroid dienone is 2. The first-order valence-electron chi connectivity index (χ1n) is 11.1. The zero-order valence-corrected chi connectivity index (χ0v) is 17.7. The first-order chi connectivity index (χ1) is 15.6. The van der Waals surface area contributed by atoms with Crippen LogP contribution in [0.15, 0.2) is 60.7 Å². The summed E-state index contributed by atoms with van der Waals surface area (Å²) in [7, 11) is 1.59. The number of methoxy groups -OCH3 is 1. The van der Waals surface area contributed by atoms with Gasteiger partial charge in [0.15, 0.2) is 5.78 Å². The molecule has 2 bridgehead atoms. The third kappa shape index (κ3) is 2.82. The number of hydrogen-bond donors (Lipinski definition) is 1. The molecule has 4 aliphatic carbocycles. The largest absolute Gasteiger partial charge is 0.497 e. The summed E-state index contributed by atoms with van der Waals surface area (Å²) < 4.78 is 5.12. The third-order valence-electron chi connectivity index (χ3n) is 7.65. The lowest BCUT2D eigenvalue weighted by Gasteiger charge is -2.37. The molecule has 2 saturated carbocycles. The number of nitrogens with zero attached hydrogens (tertiary/aromatic N) is 1. The highest BCUT2D eigenvalue weighted by Gasteiger charge is 2.67. The maximum atomic E-state index is 13.2. The number of rotatable bonds is 6. The fourth-order valence-electron chi connectivity index (χ4n) is 6.00. The molecule has 1 heterocycles. The lowest BCUT2D eigenvalue weighted by Crippen LogP contribution is -2.40. The molecule has 7 rings (SSSR count). The van der Waals surface area contributed by atoms with Crippen LogP contribution in [0.1, 0.15) is 16.8 Å². The quantitative estimate of drug-likeness (QED) is 0.433. The maximum absolute atomic E-state index is 13.2. The summed E-state index contributed by atoms with van der Waals surface area (Å²) in [6.07, 6.45) is 5.52. The van der Waals surface area contributed by atoms with Crippen LogP contribution in [0.4, 0.5) is 11.4 Å². The van der Waals surface area contributed by atoms with E-state index in [0.717, 1.165) is 12.1 Å². The summed E-state index contributed by atoms with van der Waals surface area (Å²) in [4.78, 5) is 40.2. The monoisotopic (exact) mass is 428 g/mol. The molecular weight excluding hydrogens is 404 g/mol. The second-order valence-corrected chi connectivity index (χ2v) is 9.22. The van der Waals surface area contributed by atoms with Crippen LogP contribution < -0.4 is 15.0 Å². The number of carbonyl (C=O) groups is 3. The summed E-state index contributed by atoms with van der Waals surface area (Å²) in [5, 5.41) is 3.12. The summed E-state index contributed by atoms with van der Waals surface area (Å²) in [6, 6.07) is 14.2. The van der Waals surface area contributed by atoms with Crippen molar-refractivity contribution in [3.63, 3.8) is 0 Å². The fraction of sp³-hybridized carbons (Fsp3) is 0.346. The van der Waals surface area contributed by atoms with Crippen molar-refractivity contribution in [2.24, 2.45) is 35.5 Å². The lowest BCUT2D eigenvalue weighted by atomic mass is 9.63. The van der Waals surface area contributed by atoms with E-state index in [4.69, 9.17) is 4.74 Å².